The van der Waals surface area contributed by atoms with Crippen LogP contribution in [0.1, 0.15) is 31.6 Å². The minimum Gasteiger partial charge on any atom is -0.379 e. The fourth-order valence-electron chi connectivity index (χ4n) is 3.78. The minimum atomic E-state index is -3.40. The lowest BCUT2D eigenvalue weighted by atomic mass is 10.0. The Balaban J connectivity index is 1.54. The predicted molar refractivity (Wildman–Crippen MR) is 110 cm³/mol. The second-order valence-electron chi connectivity index (χ2n) is 7.77. The van der Waals surface area contributed by atoms with E-state index in [1.807, 2.05) is 0 Å². The van der Waals surface area contributed by atoms with E-state index < -0.39 is 10.0 Å². The van der Waals surface area contributed by atoms with Gasteiger partial charge in [-0.1, -0.05) is 13.8 Å². The Morgan fingerprint density at radius 1 is 1.18 bits per heavy atom. The van der Waals surface area contributed by atoms with Gasteiger partial charge in [0.1, 0.15) is 4.21 Å². The van der Waals surface area contributed by atoms with E-state index in [0.29, 0.717) is 29.8 Å². The van der Waals surface area contributed by atoms with Crippen molar-refractivity contribution in [2.45, 2.75) is 43.4 Å². The maximum Gasteiger partial charge on any atom is 0.252 e. The first-order chi connectivity index (χ1) is 13.4. The molecule has 1 unspecified atom stereocenters. The van der Waals surface area contributed by atoms with Crippen molar-refractivity contribution in [1.29, 1.82) is 0 Å². The zero-order valence-corrected chi connectivity index (χ0v) is 18.4. The second kappa shape index (κ2) is 9.67. The molecule has 2 aliphatic rings. The third-order valence-corrected chi connectivity index (χ3v) is 8.87. The molecule has 9 heteroatoms. The largest absolute Gasteiger partial charge is 0.379 e. The van der Waals surface area contributed by atoms with E-state index in [-0.39, 0.29) is 18.4 Å². The average Bonchev–Trinajstić information content (AvgIpc) is 3.35. The predicted octanol–water partition coefficient (Wildman–Crippen LogP) is 1.55. The molecule has 0 bridgehead atoms. The Morgan fingerprint density at radius 3 is 2.50 bits per heavy atom. The maximum atomic E-state index is 12.6. The van der Waals surface area contributed by atoms with Gasteiger partial charge in [0.05, 0.1) is 19.6 Å². The van der Waals surface area contributed by atoms with Crippen molar-refractivity contribution >= 4 is 27.3 Å². The Bertz CT molecular complexity index is 751. The van der Waals surface area contributed by atoms with Gasteiger partial charge < -0.3 is 10.1 Å². The summed E-state index contributed by atoms with van der Waals surface area (Å²) in [6.45, 7) is 9.37. The molecule has 1 N–H and O–H groups in total. The zero-order valence-electron chi connectivity index (χ0n) is 16.7. The number of ether oxygens (including phenoxy) is 1. The highest BCUT2D eigenvalue weighted by Crippen LogP contribution is 2.27. The number of sulfonamides is 1. The van der Waals surface area contributed by atoms with Crippen LogP contribution in [0, 0.1) is 5.92 Å². The van der Waals surface area contributed by atoms with Crippen molar-refractivity contribution in [2.75, 3.05) is 45.9 Å². The van der Waals surface area contributed by atoms with E-state index in [1.54, 1.807) is 12.1 Å². The number of carbonyl (C=O) groups excluding carboxylic acids is 1. The number of thiophene rings is 1. The molecule has 158 valence electrons. The number of rotatable bonds is 8. The summed E-state index contributed by atoms with van der Waals surface area (Å²) in [6, 6.07) is 3.67. The van der Waals surface area contributed by atoms with Crippen LogP contribution in [0.4, 0.5) is 0 Å². The smallest absolute Gasteiger partial charge is 0.252 e. The summed E-state index contributed by atoms with van der Waals surface area (Å²) < 4.78 is 32.5. The third-order valence-electron chi connectivity index (χ3n) is 5.42. The van der Waals surface area contributed by atoms with Gasteiger partial charge in [0.15, 0.2) is 0 Å². The van der Waals surface area contributed by atoms with Crippen molar-refractivity contribution in [2.24, 2.45) is 5.92 Å². The molecule has 28 heavy (non-hydrogen) atoms. The molecule has 1 aromatic rings. The van der Waals surface area contributed by atoms with Gasteiger partial charge >= 0.3 is 0 Å². The van der Waals surface area contributed by atoms with Crippen LogP contribution in [-0.2, 0) is 26.0 Å². The molecule has 0 aliphatic carbocycles. The number of hydrogen-bond acceptors (Lipinski definition) is 6. The number of carbonyl (C=O) groups is 1. The summed E-state index contributed by atoms with van der Waals surface area (Å²) in [4.78, 5) is 15.6. The van der Waals surface area contributed by atoms with Crippen LogP contribution in [0.2, 0.25) is 0 Å². The monoisotopic (exact) mass is 429 g/mol. The number of morpholine rings is 1. The first-order valence-corrected chi connectivity index (χ1v) is 12.3. The second-order valence-corrected chi connectivity index (χ2v) is 11.1. The molecule has 3 rings (SSSR count). The quantitative estimate of drug-likeness (QED) is 0.678. The summed E-state index contributed by atoms with van der Waals surface area (Å²) in [5.74, 6) is 0.364. The lowest BCUT2D eigenvalue weighted by Gasteiger charge is -2.36. The van der Waals surface area contributed by atoms with Crippen molar-refractivity contribution in [3.63, 3.8) is 0 Å². The highest BCUT2D eigenvalue weighted by atomic mass is 32.2. The molecule has 2 aliphatic heterocycles. The van der Waals surface area contributed by atoms with Gasteiger partial charge in [-0.15, -0.1) is 11.3 Å². The normalized spacial score (nSPS) is 20.5. The standard InChI is InChI=1S/C19H31N3O4S2/c1-15(2)17(21-9-11-26-12-10-21)14-20-18(23)13-16-5-6-19(27-16)28(24,25)22-7-3-4-8-22/h5-6,15,17H,3-4,7-14H2,1-2H3,(H,20,23). The first-order valence-electron chi connectivity index (χ1n) is 10.1. The van der Waals surface area contributed by atoms with Gasteiger partial charge in [0, 0.05) is 43.6 Å². The number of nitrogens with one attached hydrogen (secondary N) is 1. The molecule has 0 spiro atoms. The lowest BCUT2D eigenvalue weighted by Crippen LogP contribution is -2.51. The fourth-order valence-corrected chi connectivity index (χ4v) is 6.81. The Kier molecular flexibility index (Phi) is 7.49. The van der Waals surface area contributed by atoms with Gasteiger partial charge in [-0.2, -0.15) is 4.31 Å². The third kappa shape index (κ3) is 5.33. The molecule has 0 aromatic carbocycles. The van der Waals surface area contributed by atoms with Crippen molar-refractivity contribution < 1.29 is 17.9 Å². The summed E-state index contributed by atoms with van der Waals surface area (Å²) in [5, 5.41) is 3.04. The van der Waals surface area contributed by atoms with Gasteiger partial charge in [0.2, 0.25) is 5.91 Å². The molecule has 0 radical (unpaired) electrons. The van der Waals surface area contributed by atoms with Crippen LogP contribution in [0.25, 0.3) is 0 Å². The van der Waals surface area contributed by atoms with E-state index in [2.05, 4.69) is 24.1 Å². The van der Waals surface area contributed by atoms with E-state index in [0.717, 1.165) is 44.0 Å². The highest BCUT2D eigenvalue weighted by molar-refractivity contribution is 7.91. The molecule has 1 amide bonds. The minimum absolute atomic E-state index is 0.0640. The van der Waals surface area contributed by atoms with Crippen LogP contribution in [0.15, 0.2) is 16.3 Å². The highest BCUT2D eigenvalue weighted by Gasteiger charge is 2.29. The van der Waals surface area contributed by atoms with Gasteiger partial charge in [0.25, 0.3) is 10.0 Å². The SMILES string of the molecule is CC(C)C(CNC(=O)Cc1ccc(S(=O)(=O)N2CCCC2)s1)N1CCOCC1. The van der Waals surface area contributed by atoms with E-state index in [4.69, 9.17) is 4.74 Å². The van der Waals surface area contributed by atoms with Crippen LogP contribution >= 0.6 is 11.3 Å². The lowest BCUT2D eigenvalue weighted by molar-refractivity contribution is -0.120. The Hall–Kier alpha value is -1.00. The molecular formula is C19H31N3O4S2. The van der Waals surface area contributed by atoms with E-state index in [1.165, 1.54) is 15.6 Å². The summed E-state index contributed by atoms with van der Waals surface area (Å²) >= 11 is 1.21. The first kappa shape index (κ1) is 21.7. The number of hydrogen-bond donors (Lipinski definition) is 1. The summed E-state index contributed by atoms with van der Waals surface area (Å²) in [6.07, 6.45) is 2.05. The molecule has 0 saturated carbocycles. The molecule has 2 saturated heterocycles. The van der Waals surface area contributed by atoms with Gasteiger partial charge in [-0.25, -0.2) is 8.42 Å². The van der Waals surface area contributed by atoms with Gasteiger partial charge in [-0.05, 0) is 30.9 Å². The van der Waals surface area contributed by atoms with E-state index >= 15 is 0 Å². The Morgan fingerprint density at radius 2 is 1.86 bits per heavy atom. The topological polar surface area (TPSA) is 79.0 Å². The molecule has 1 atom stereocenters. The molecule has 3 heterocycles. The van der Waals surface area contributed by atoms with Crippen LogP contribution < -0.4 is 5.32 Å². The van der Waals surface area contributed by atoms with Crippen molar-refractivity contribution in [3.05, 3.63) is 17.0 Å². The van der Waals surface area contributed by atoms with Crippen LogP contribution in [-0.4, -0.2) is 75.5 Å². The van der Waals surface area contributed by atoms with E-state index in [9.17, 15) is 13.2 Å². The molecule has 2 fully saturated rings. The Labute approximate surface area is 172 Å². The van der Waals surface area contributed by atoms with Crippen LogP contribution in [0.5, 0.6) is 0 Å². The van der Waals surface area contributed by atoms with Crippen molar-refractivity contribution in [3.8, 4) is 0 Å². The maximum absolute atomic E-state index is 12.6. The van der Waals surface area contributed by atoms with Crippen molar-refractivity contribution in [1.82, 2.24) is 14.5 Å². The fraction of sp³-hybridized carbons (Fsp3) is 0.737. The molecule has 1 aromatic heterocycles. The van der Waals surface area contributed by atoms with Crippen LogP contribution in [0.3, 0.4) is 0 Å². The average molecular weight is 430 g/mol. The number of nitrogens with zero attached hydrogens (tertiary/aromatic N) is 2. The summed E-state index contributed by atoms with van der Waals surface area (Å²) in [5.41, 5.74) is 0. The zero-order chi connectivity index (χ0) is 20.1. The molecule has 7 nitrogen and oxygen atoms in total. The van der Waals surface area contributed by atoms with Gasteiger partial charge in [-0.3, -0.25) is 9.69 Å². The summed E-state index contributed by atoms with van der Waals surface area (Å²) in [7, 11) is -3.40. The number of amides is 1. The molecular weight excluding hydrogens is 398 g/mol.